The van der Waals surface area contributed by atoms with Gasteiger partial charge in [-0.3, -0.25) is 0 Å². The van der Waals surface area contributed by atoms with Crippen molar-refractivity contribution in [3.8, 4) is 11.3 Å². The van der Waals surface area contributed by atoms with Gasteiger partial charge < -0.3 is 9.88 Å². The molecule has 0 saturated carbocycles. The molecule has 1 aliphatic heterocycles. The van der Waals surface area contributed by atoms with Gasteiger partial charge in [-0.1, -0.05) is 30.4 Å². The molecule has 0 fully saturated rings. The largest absolute Gasteiger partial charge is 0.384 e. The van der Waals surface area contributed by atoms with Crippen molar-refractivity contribution in [1.82, 2.24) is 9.55 Å². The highest BCUT2D eigenvalue weighted by atomic mass is 15.0. The lowest BCUT2D eigenvalue weighted by atomic mass is 10.1. The van der Waals surface area contributed by atoms with Crippen LogP contribution in [0.1, 0.15) is 12.5 Å². The molecule has 3 rings (SSSR count). The minimum absolute atomic E-state index is 0.818. The number of benzene rings is 1. The molecular weight excluding hydrogens is 222 g/mol. The Morgan fingerprint density at radius 1 is 1.50 bits per heavy atom. The van der Waals surface area contributed by atoms with Crippen molar-refractivity contribution in [2.75, 3.05) is 11.9 Å². The third-order valence-corrected chi connectivity index (χ3v) is 3.28. The number of hydrogen-bond acceptors (Lipinski definition) is 2. The van der Waals surface area contributed by atoms with Crippen LogP contribution in [0.2, 0.25) is 0 Å². The number of hydrogen-bond donors (Lipinski definition) is 1. The van der Waals surface area contributed by atoms with Crippen molar-refractivity contribution in [3.63, 3.8) is 0 Å². The van der Waals surface area contributed by atoms with E-state index in [2.05, 4.69) is 39.6 Å². The minimum atomic E-state index is 0.818. The summed E-state index contributed by atoms with van der Waals surface area (Å²) in [5.41, 5.74) is 6.19. The summed E-state index contributed by atoms with van der Waals surface area (Å²) in [5, 5.41) is 3.47. The van der Waals surface area contributed by atoms with Crippen molar-refractivity contribution < 1.29 is 0 Å². The van der Waals surface area contributed by atoms with Crippen LogP contribution < -0.4 is 5.32 Å². The van der Waals surface area contributed by atoms with Gasteiger partial charge in [-0.05, 0) is 18.9 Å². The molecule has 0 bridgehead atoms. The highest BCUT2D eigenvalue weighted by molar-refractivity contribution is 5.79. The Hall–Kier alpha value is -2.03. The molecule has 2 aromatic rings. The molecule has 0 spiro atoms. The molecule has 0 saturated heterocycles. The molecule has 3 heteroatoms. The zero-order chi connectivity index (χ0) is 12.5. The van der Waals surface area contributed by atoms with Gasteiger partial charge in [0.05, 0.1) is 18.2 Å². The summed E-state index contributed by atoms with van der Waals surface area (Å²) in [7, 11) is 0. The fraction of sp³-hybridized carbons (Fsp3) is 0.267. The Morgan fingerprint density at radius 3 is 3.22 bits per heavy atom. The summed E-state index contributed by atoms with van der Waals surface area (Å²) in [6.07, 6.45) is 4.91. The smallest absolute Gasteiger partial charge is 0.0954 e. The molecule has 1 N–H and O–H groups in total. The first kappa shape index (κ1) is 11.1. The van der Waals surface area contributed by atoms with Crippen LogP contribution in [-0.2, 0) is 13.0 Å². The first-order valence-electron chi connectivity index (χ1n) is 6.26. The molecule has 0 unspecified atom stereocenters. The molecule has 0 radical (unpaired) electrons. The monoisotopic (exact) mass is 239 g/mol. The van der Waals surface area contributed by atoms with Gasteiger partial charge in [0.25, 0.3) is 0 Å². The number of nitrogens with zero attached hydrogens (tertiary/aromatic N) is 2. The summed E-state index contributed by atoms with van der Waals surface area (Å²) in [6, 6.07) is 6.47. The maximum absolute atomic E-state index is 4.27. The zero-order valence-electron chi connectivity index (χ0n) is 10.6. The van der Waals surface area contributed by atoms with Gasteiger partial charge in [0.1, 0.15) is 0 Å². The lowest BCUT2D eigenvalue weighted by Crippen LogP contribution is -2.01. The Morgan fingerprint density at radius 2 is 2.39 bits per heavy atom. The second-order valence-corrected chi connectivity index (χ2v) is 4.88. The summed E-state index contributed by atoms with van der Waals surface area (Å²) >= 11 is 0. The van der Waals surface area contributed by atoms with Gasteiger partial charge in [-0.2, -0.15) is 0 Å². The molecule has 1 aromatic carbocycles. The quantitative estimate of drug-likeness (QED) is 0.834. The average Bonchev–Trinajstić information content (AvgIpc) is 2.95. The second kappa shape index (κ2) is 4.33. The molecule has 1 aliphatic rings. The summed E-state index contributed by atoms with van der Waals surface area (Å²) in [6.45, 7) is 7.86. The number of fused-ring (bicyclic) bond motifs is 1. The molecule has 92 valence electrons. The third-order valence-electron chi connectivity index (χ3n) is 3.28. The number of allylic oxidation sites excluding steroid dienone is 1. The number of anilines is 1. The average molecular weight is 239 g/mol. The molecule has 0 aliphatic carbocycles. The predicted molar refractivity (Wildman–Crippen MR) is 74.7 cm³/mol. The van der Waals surface area contributed by atoms with Gasteiger partial charge in [0, 0.05) is 24.3 Å². The highest BCUT2D eigenvalue weighted by Crippen LogP contribution is 2.34. The molecule has 0 amide bonds. The number of nitrogens with one attached hydrogen (secondary N) is 1. The molecule has 2 heterocycles. The molecule has 3 nitrogen and oxygen atoms in total. The Balaban J connectivity index is 2.08. The van der Waals surface area contributed by atoms with Gasteiger partial charge >= 0.3 is 0 Å². The van der Waals surface area contributed by atoms with Crippen LogP contribution in [0.25, 0.3) is 11.3 Å². The molecule has 18 heavy (non-hydrogen) atoms. The summed E-state index contributed by atoms with van der Waals surface area (Å²) in [4.78, 5) is 4.27. The van der Waals surface area contributed by atoms with Gasteiger partial charge in [-0.15, -0.1) is 0 Å². The number of aromatic nitrogens is 2. The van der Waals surface area contributed by atoms with E-state index in [-0.39, 0.29) is 0 Å². The van der Waals surface area contributed by atoms with Crippen LogP contribution in [-0.4, -0.2) is 16.1 Å². The molecule has 0 atom stereocenters. The van der Waals surface area contributed by atoms with Gasteiger partial charge in [-0.25, -0.2) is 4.98 Å². The summed E-state index contributed by atoms with van der Waals surface area (Å²) in [5.74, 6) is 0. The number of para-hydroxylation sites is 1. The Kier molecular flexibility index (Phi) is 2.67. The SMILES string of the molecule is C=C(C)Cn1cncc1-c1cccc2c1NCC2. The van der Waals surface area contributed by atoms with Gasteiger partial charge in [0.15, 0.2) is 0 Å². The van der Waals surface area contributed by atoms with E-state index >= 15 is 0 Å². The first-order valence-corrected chi connectivity index (χ1v) is 6.26. The van der Waals surface area contributed by atoms with E-state index in [4.69, 9.17) is 0 Å². The van der Waals surface area contributed by atoms with Crippen LogP contribution in [0.4, 0.5) is 5.69 Å². The van der Waals surface area contributed by atoms with Crippen LogP contribution >= 0.6 is 0 Å². The Labute approximate surface area is 107 Å². The first-order chi connectivity index (χ1) is 8.75. The minimum Gasteiger partial charge on any atom is -0.384 e. The standard InChI is InChI=1S/C15H17N3/c1-11(2)9-18-10-16-8-14(18)13-5-3-4-12-6-7-17-15(12)13/h3-5,8,10,17H,1,6-7,9H2,2H3. The maximum Gasteiger partial charge on any atom is 0.0954 e. The zero-order valence-corrected chi connectivity index (χ0v) is 10.6. The second-order valence-electron chi connectivity index (χ2n) is 4.88. The summed E-state index contributed by atoms with van der Waals surface area (Å²) < 4.78 is 2.15. The van der Waals surface area contributed by atoms with E-state index in [0.29, 0.717) is 0 Å². The maximum atomic E-state index is 4.27. The molecular formula is C15H17N3. The highest BCUT2D eigenvalue weighted by Gasteiger charge is 2.16. The number of rotatable bonds is 3. The van der Waals surface area contributed by atoms with Crippen molar-refractivity contribution >= 4 is 5.69 Å². The lowest BCUT2D eigenvalue weighted by Gasteiger charge is -2.12. The van der Waals surface area contributed by atoms with Crippen molar-refractivity contribution in [3.05, 3.63) is 48.4 Å². The topological polar surface area (TPSA) is 29.9 Å². The van der Waals surface area contributed by atoms with E-state index in [0.717, 1.165) is 30.8 Å². The van der Waals surface area contributed by atoms with E-state index in [1.165, 1.54) is 16.8 Å². The lowest BCUT2D eigenvalue weighted by molar-refractivity contribution is 0.792. The van der Waals surface area contributed by atoms with Crippen LogP contribution in [0.5, 0.6) is 0 Å². The van der Waals surface area contributed by atoms with E-state index < -0.39 is 0 Å². The van der Waals surface area contributed by atoms with Crippen molar-refractivity contribution in [1.29, 1.82) is 0 Å². The van der Waals surface area contributed by atoms with E-state index in [1.807, 2.05) is 19.4 Å². The Bertz CT molecular complexity index is 596. The van der Waals surface area contributed by atoms with E-state index in [9.17, 15) is 0 Å². The van der Waals surface area contributed by atoms with Crippen LogP contribution in [0.15, 0.2) is 42.9 Å². The van der Waals surface area contributed by atoms with Crippen molar-refractivity contribution in [2.45, 2.75) is 19.9 Å². The fourth-order valence-corrected chi connectivity index (χ4v) is 2.51. The normalized spacial score (nSPS) is 13.2. The van der Waals surface area contributed by atoms with E-state index in [1.54, 1.807) is 0 Å². The van der Waals surface area contributed by atoms with Crippen LogP contribution in [0, 0.1) is 0 Å². The predicted octanol–water partition coefficient (Wildman–Crippen LogP) is 3.09. The van der Waals surface area contributed by atoms with Crippen molar-refractivity contribution in [2.24, 2.45) is 0 Å². The van der Waals surface area contributed by atoms with Gasteiger partial charge in [0.2, 0.25) is 0 Å². The third kappa shape index (κ3) is 1.82. The molecule has 1 aromatic heterocycles. The fourth-order valence-electron chi connectivity index (χ4n) is 2.51. The number of imidazole rings is 1. The van der Waals surface area contributed by atoms with Crippen LogP contribution in [0.3, 0.4) is 0 Å².